The lowest BCUT2D eigenvalue weighted by Crippen LogP contribution is -2.57. The van der Waals surface area contributed by atoms with Crippen LogP contribution >= 0.6 is 0 Å². The average molecular weight is 484 g/mol. The van der Waals surface area contributed by atoms with E-state index in [9.17, 15) is 13.9 Å². The molecule has 2 aliphatic heterocycles. The molecular formula is C25H31F2N7O. The van der Waals surface area contributed by atoms with E-state index >= 15 is 0 Å². The van der Waals surface area contributed by atoms with Gasteiger partial charge in [-0.25, -0.2) is 23.7 Å². The number of hydrogen-bond acceptors (Lipinski definition) is 8. The molecule has 0 saturated carbocycles. The van der Waals surface area contributed by atoms with Crippen LogP contribution in [0, 0.1) is 0 Å². The number of aliphatic hydroxyl groups excluding tert-OH is 1. The van der Waals surface area contributed by atoms with Gasteiger partial charge in [0.15, 0.2) is 5.67 Å². The second-order valence-electron chi connectivity index (χ2n) is 10.1. The Labute approximate surface area is 203 Å². The van der Waals surface area contributed by atoms with Crippen LogP contribution in [-0.4, -0.2) is 68.7 Å². The minimum Gasteiger partial charge on any atom is -0.390 e. The first kappa shape index (κ1) is 23.6. The van der Waals surface area contributed by atoms with Crippen LogP contribution in [0.2, 0.25) is 0 Å². The summed E-state index contributed by atoms with van der Waals surface area (Å²) in [5.41, 5.74) is -0.642. The van der Waals surface area contributed by atoms with E-state index < -0.39 is 17.9 Å². The summed E-state index contributed by atoms with van der Waals surface area (Å²) < 4.78 is 28.5. The van der Waals surface area contributed by atoms with E-state index in [1.165, 1.54) is 6.92 Å². The first-order chi connectivity index (χ1) is 16.6. The molecule has 3 unspecified atom stereocenters. The summed E-state index contributed by atoms with van der Waals surface area (Å²) in [5, 5.41) is 15.0. The number of nitrogens with zero attached hydrogens (tertiary/aromatic N) is 6. The van der Waals surface area contributed by atoms with Gasteiger partial charge in [-0.1, -0.05) is 13.8 Å². The molecule has 0 amide bonds. The second-order valence-corrected chi connectivity index (χ2v) is 10.1. The fourth-order valence-corrected chi connectivity index (χ4v) is 4.75. The molecule has 0 spiro atoms. The summed E-state index contributed by atoms with van der Waals surface area (Å²) in [7, 11) is 0. The normalized spacial score (nSPS) is 26.8. The smallest absolute Gasteiger partial charge is 0.227 e. The standard InChI is InChI=1S/C25H31F2N7O/c1-14(2)17-10-30-23(34-12-19(26)15(34)3)18-11-29-22(9-16(17)18)31-21-5-7-28-24(32-21)33-8-6-20(35)25(4,27)13-33/h5,7,9-11,14-15,19-20,35H,6,8,12-13H2,1-4H3,(H,28,29,31,32)/t15?,19?,20?,25-/m1/s1. The van der Waals surface area contributed by atoms with Gasteiger partial charge in [0.2, 0.25) is 5.95 Å². The average Bonchev–Trinajstić information content (AvgIpc) is 2.83. The third-order valence-corrected chi connectivity index (χ3v) is 7.11. The molecule has 2 fully saturated rings. The Kier molecular flexibility index (Phi) is 5.94. The highest BCUT2D eigenvalue weighted by molar-refractivity contribution is 5.96. The summed E-state index contributed by atoms with van der Waals surface area (Å²) >= 11 is 0. The molecule has 3 aromatic rings. The molecule has 0 bridgehead atoms. The number of pyridine rings is 2. The third-order valence-electron chi connectivity index (χ3n) is 7.11. The summed E-state index contributed by atoms with van der Waals surface area (Å²) in [4.78, 5) is 21.8. The van der Waals surface area contributed by atoms with Crippen molar-refractivity contribution in [2.75, 3.05) is 34.8 Å². The van der Waals surface area contributed by atoms with Crippen LogP contribution in [-0.2, 0) is 0 Å². The molecule has 2 N–H and O–H groups in total. The molecule has 0 radical (unpaired) electrons. The van der Waals surface area contributed by atoms with Crippen LogP contribution < -0.4 is 15.1 Å². The molecule has 5 rings (SSSR count). The maximum Gasteiger partial charge on any atom is 0.227 e. The van der Waals surface area contributed by atoms with Gasteiger partial charge in [0.25, 0.3) is 0 Å². The minimum absolute atomic E-state index is 0.0219. The lowest BCUT2D eigenvalue weighted by Gasteiger charge is -2.43. The van der Waals surface area contributed by atoms with Crippen LogP contribution in [0.1, 0.15) is 45.6 Å². The van der Waals surface area contributed by atoms with E-state index in [1.54, 1.807) is 23.4 Å². The van der Waals surface area contributed by atoms with Crippen molar-refractivity contribution in [3.05, 3.63) is 36.3 Å². The molecule has 3 aromatic heterocycles. The van der Waals surface area contributed by atoms with Gasteiger partial charge in [-0.3, -0.25) is 0 Å². The quantitative estimate of drug-likeness (QED) is 0.560. The number of aromatic nitrogens is 4. The van der Waals surface area contributed by atoms with Gasteiger partial charge in [-0.2, -0.15) is 4.98 Å². The van der Waals surface area contributed by atoms with Gasteiger partial charge >= 0.3 is 0 Å². The van der Waals surface area contributed by atoms with Crippen LogP contribution in [0.3, 0.4) is 0 Å². The van der Waals surface area contributed by atoms with Crippen LogP contribution in [0.4, 0.5) is 32.2 Å². The van der Waals surface area contributed by atoms with Crippen molar-refractivity contribution >= 4 is 34.2 Å². The van der Waals surface area contributed by atoms with E-state index in [0.717, 1.165) is 22.2 Å². The maximum atomic E-state index is 14.7. The van der Waals surface area contributed by atoms with Gasteiger partial charge < -0.3 is 20.2 Å². The second kappa shape index (κ2) is 8.82. The number of nitrogens with one attached hydrogen (secondary N) is 1. The molecule has 35 heavy (non-hydrogen) atoms. The number of alkyl halides is 2. The molecule has 2 saturated heterocycles. The number of rotatable bonds is 5. The Bertz CT molecular complexity index is 1240. The summed E-state index contributed by atoms with van der Waals surface area (Å²) in [5.74, 6) is 2.52. The fraction of sp³-hybridized carbons (Fsp3) is 0.520. The number of fused-ring (bicyclic) bond motifs is 1. The monoisotopic (exact) mass is 483 g/mol. The molecule has 4 atom stereocenters. The number of hydrogen-bond donors (Lipinski definition) is 2. The highest BCUT2D eigenvalue weighted by atomic mass is 19.1. The molecule has 5 heterocycles. The van der Waals surface area contributed by atoms with E-state index in [1.807, 2.05) is 24.1 Å². The summed E-state index contributed by atoms with van der Waals surface area (Å²) in [6.45, 7) is 8.31. The minimum atomic E-state index is -1.72. The van der Waals surface area contributed by atoms with Crippen molar-refractivity contribution in [2.24, 2.45) is 0 Å². The van der Waals surface area contributed by atoms with Crippen LogP contribution in [0.25, 0.3) is 10.8 Å². The number of halogens is 2. The van der Waals surface area contributed by atoms with E-state index in [-0.39, 0.29) is 18.5 Å². The Morgan fingerprint density at radius 3 is 2.66 bits per heavy atom. The number of anilines is 4. The Morgan fingerprint density at radius 1 is 1.17 bits per heavy atom. The van der Waals surface area contributed by atoms with Gasteiger partial charge in [0.1, 0.15) is 23.6 Å². The predicted molar refractivity (Wildman–Crippen MR) is 133 cm³/mol. The number of piperidine rings is 1. The lowest BCUT2D eigenvalue weighted by atomic mass is 9.94. The van der Waals surface area contributed by atoms with Gasteiger partial charge in [0, 0.05) is 30.5 Å². The van der Waals surface area contributed by atoms with Crippen LogP contribution in [0.15, 0.2) is 30.7 Å². The topological polar surface area (TPSA) is 90.3 Å². The zero-order valence-corrected chi connectivity index (χ0v) is 20.4. The molecule has 0 aromatic carbocycles. The molecule has 2 aliphatic rings. The zero-order valence-electron chi connectivity index (χ0n) is 20.4. The Morgan fingerprint density at radius 2 is 1.97 bits per heavy atom. The summed E-state index contributed by atoms with van der Waals surface area (Å²) in [6.07, 6.45) is 3.72. The Hall–Kier alpha value is -3.14. The Balaban J connectivity index is 1.44. The van der Waals surface area contributed by atoms with Crippen molar-refractivity contribution in [2.45, 2.75) is 64.0 Å². The van der Waals surface area contributed by atoms with Crippen molar-refractivity contribution in [1.82, 2.24) is 19.9 Å². The fourth-order valence-electron chi connectivity index (χ4n) is 4.75. The van der Waals surface area contributed by atoms with Crippen molar-refractivity contribution in [3.63, 3.8) is 0 Å². The van der Waals surface area contributed by atoms with Crippen LogP contribution in [0.5, 0.6) is 0 Å². The molecule has 8 nitrogen and oxygen atoms in total. The highest BCUT2D eigenvalue weighted by Gasteiger charge is 2.40. The molecule has 0 aliphatic carbocycles. The number of aliphatic hydroxyl groups is 1. The van der Waals surface area contributed by atoms with Gasteiger partial charge in [-0.15, -0.1) is 0 Å². The molecule has 10 heteroatoms. The molecule has 186 valence electrons. The lowest BCUT2D eigenvalue weighted by molar-refractivity contribution is -0.00860. The van der Waals surface area contributed by atoms with Crippen molar-refractivity contribution < 1.29 is 13.9 Å². The first-order valence-corrected chi connectivity index (χ1v) is 12.1. The highest BCUT2D eigenvalue weighted by Crippen LogP contribution is 2.36. The third kappa shape index (κ3) is 4.35. The van der Waals surface area contributed by atoms with Crippen molar-refractivity contribution in [3.8, 4) is 0 Å². The van der Waals surface area contributed by atoms with Crippen molar-refractivity contribution in [1.29, 1.82) is 0 Å². The summed E-state index contributed by atoms with van der Waals surface area (Å²) in [6, 6.07) is 3.48. The van der Waals surface area contributed by atoms with E-state index in [0.29, 0.717) is 37.1 Å². The van der Waals surface area contributed by atoms with E-state index in [2.05, 4.69) is 39.1 Å². The molecular weight excluding hydrogens is 452 g/mol. The van der Waals surface area contributed by atoms with E-state index in [4.69, 9.17) is 0 Å². The first-order valence-electron chi connectivity index (χ1n) is 12.1. The SMILES string of the molecule is CC(C)c1cnc(N2CC(F)C2C)c2cnc(Nc3ccnc(N4CCC(O)[C@](C)(F)C4)n3)cc12. The van der Waals surface area contributed by atoms with Gasteiger partial charge in [0.05, 0.1) is 25.2 Å². The maximum absolute atomic E-state index is 14.7. The van der Waals surface area contributed by atoms with Gasteiger partial charge in [-0.05, 0) is 49.3 Å². The largest absolute Gasteiger partial charge is 0.390 e. The predicted octanol–water partition coefficient (Wildman–Crippen LogP) is 4.13. The zero-order chi connectivity index (χ0) is 24.9.